The van der Waals surface area contributed by atoms with Gasteiger partial charge in [0.1, 0.15) is 5.75 Å². The fourth-order valence-electron chi connectivity index (χ4n) is 2.79. The lowest BCUT2D eigenvalue weighted by molar-refractivity contribution is -0.137. The average Bonchev–Trinajstić information content (AvgIpc) is 2.76. The van der Waals surface area contributed by atoms with Crippen LogP contribution < -0.4 is 15.6 Å². The zero-order chi connectivity index (χ0) is 23.1. The van der Waals surface area contributed by atoms with Gasteiger partial charge in [-0.2, -0.15) is 13.2 Å². The maximum atomic E-state index is 12.7. The van der Waals surface area contributed by atoms with E-state index < -0.39 is 17.3 Å². The number of methoxy groups -OCH3 is 1. The topological polar surface area (TPSA) is 84.1 Å². The number of H-pyrrole nitrogens is 1. The number of ether oxygens (including phenoxy) is 1. The molecule has 0 aliphatic heterocycles. The molecule has 2 aromatic carbocycles. The van der Waals surface area contributed by atoms with Crippen molar-refractivity contribution in [2.75, 3.05) is 7.11 Å². The molecule has 6 nitrogen and oxygen atoms in total. The number of thioether (sulfide) groups is 1. The number of aromatic amines is 1. The third-order valence-corrected chi connectivity index (χ3v) is 5.34. The first-order valence-corrected chi connectivity index (χ1v) is 10.5. The van der Waals surface area contributed by atoms with Crippen molar-refractivity contribution in [1.82, 2.24) is 15.3 Å². The highest BCUT2D eigenvalue weighted by atomic mass is 32.2. The summed E-state index contributed by atoms with van der Waals surface area (Å²) in [5, 5.41) is 3.05. The fourth-order valence-corrected chi connectivity index (χ4v) is 3.64. The molecule has 3 rings (SSSR count). The van der Waals surface area contributed by atoms with Gasteiger partial charge >= 0.3 is 6.18 Å². The summed E-state index contributed by atoms with van der Waals surface area (Å²) in [6.45, 7) is 0.300. The van der Waals surface area contributed by atoms with Crippen LogP contribution in [0.4, 0.5) is 13.2 Å². The smallest absolute Gasteiger partial charge is 0.416 e. The van der Waals surface area contributed by atoms with Gasteiger partial charge in [0, 0.05) is 18.4 Å². The van der Waals surface area contributed by atoms with Crippen molar-refractivity contribution in [2.24, 2.45) is 0 Å². The number of hydrogen-bond acceptors (Lipinski definition) is 5. The minimum Gasteiger partial charge on any atom is -0.497 e. The largest absolute Gasteiger partial charge is 0.497 e. The predicted octanol–water partition coefficient (Wildman–Crippen LogP) is 3.95. The summed E-state index contributed by atoms with van der Waals surface area (Å²) in [6.07, 6.45) is -4.47. The Kier molecular flexibility index (Phi) is 7.57. The van der Waals surface area contributed by atoms with E-state index in [0.717, 1.165) is 29.5 Å². The van der Waals surface area contributed by atoms with Gasteiger partial charge < -0.3 is 15.0 Å². The number of amides is 1. The molecule has 0 fully saturated rings. The van der Waals surface area contributed by atoms with Crippen molar-refractivity contribution in [3.63, 3.8) is 0 Å². The number of benzene rings is 2. The zero-order valence-corrected chi connectivity index (χ0v) is 17.8. The van der Waals surface area contributed by atoms with Gasteiger partial charge in [0.2, 0.25) is 5.91 Å². The zero-order valence-electron chi connectivity index (χ0n) is 17.0. The Morgan fingerprint density at radius 3 is 2.56 bits per heavy atom. The predicted molar refractivity (Wildman–Crippen MR) is 114 cm³/mol. The van der Waals surface area contributed by atoms with Crippen LogP contribution in [0, 0.1) is 0 Å². The normalized spacial score (nSPS) is 11.2. The van der Waals surface area contributed by atoms with Gasteiger partial charge in [-0.3, -0.25) is 9.59 Å². The first-order chi connectivity index (χ1) is 15.2. The first kappa shape index (κ1) is 23.4. The van der Waals surface area contributed by atoms with Gasteiger partial charge in [-0.1, -0.05) is 36.0 Å². The van der Waals surface area contributed by atoms with E-state index in [4.69, 9.17) is 4.74 Å². The number of halogens is 3. The molecule has 2 N–H and O–H groups in total. The number of carbonyl (C=O) groups excluding carboxylic acids is 1. The summed E-state index contributed by atoms with van der Waals surface area (Å²) in [5.41, 5.74) is 0.675. The van der Waals surface area contributed by atoms with Crippen LogP contribution in [0.15, 0.2) is 64.5 Å². The molecule has 3 aromatic rings. The summed E-state index contributed by atoms with van der Waals surface area (Å²) in [6, 6.07) is 13.3. The lowest BCUT2D eigenvalue weighted by atomic mass is 10.1. The van der Waals surface area contributed by atoms with E-state index in [1.54, 1.807) is 13.2 Å². The molecular weight excluding hydrogens is 443 g/mol. The number of carbonyl (C=O) groups is 1. The van der Waals surface area contributed by atoms with E-state index >= 15 is 0 Å². The maximum Gasteiger partial charge on any atom is 0.416 e. The van der Waals surface area contributed by atoms with Crippen LogP contribution in [0.25, 0.3) is 0 Å². The van der Waals surface area contributed by atoms with Crippen LogP contribution in [-0.4, -0.2) is 23.0 Å². The Morgan fingerprint density at radius 2 is 1.88 bits per heavy atom. The van der Waals surface area contributed by atoms with E-state index in [1.807, 2.05) is 18.2 Å². The van der Waals surface area contributed by atoms with Gasteiger partial charge in [0.05, 0.1) is 24.8 Å². The lowest BCUT2D eigenvalue weighted by Gasteiger charge is -2.08. The van der Waals surface area contributed by atoms with Crippen molar-refractivity contribution in [3.8, 4) is 5.75 Å². The second-order valence-corrected chi connectivity index (χ2v) is 7.79. The Balaban J connectivity index is 1.57. The Morgan fingerprint density at radius 1 is 1.12 bits per heavy atom. The third kappa shape index (κ3) is 6.88. The lowest BCUT2D eigenvalue weighted by Crippen LogP contribution is -2.25. The van der Waals surface area contributed by atoms with Crippen molar-refractivity contribution in [2.45, 2.75) is 30.1 Å². The second kappa shape index (κ2) is 10.4. The molecule has 0 spiro atoms. The SMILES string of the molecule is COc1cccc(CNC(=O)Cc2cc(=O)[nH]c(SCc3ccc(C(F)(F)F)cc3)n2)c1. The fraction of sp³-hybridized carbons (Fsp3) is 0.227. The van der Waals surface area contributed by atoms with Crippen LogP contribution in [0.2, 0.25) is 0 Å². The van der Waals surface area contributed by atoms with E-state index in [1.165, 1.54) is 18.2 Å². The van der Waals surface area contributed by atoms with Gasteiger partial charge in [0.15, 0.2) is 5.16 Å². The minimum atomic E-state index is -4.39. The summed E-state index contributed by atoms with van der Waals surface area (Å²) in [4.78, 5) is 31.0. The molecule has 0 atom stereocenters. The number of rotatable bonds is 8. The molecule has 0 saturated heterocycles. The molecule has 1 aromatic heterocycles. The molecule has 0 aliphatic rings. The second-order valence-electron chi connectivity index (χ2n) is 6.83. The van der Waals surface area contributed by atoms with Crippen LogP contribution in [-0.2, 0) is 29.7 Å². The van der Waals surface area contributed by atoms with E-state index in [0.29, 0.717) is 29.3 Å². The van der Waals surface area contributed by atoms with Gasteiger partial charge in [-0.05, 0) is 35.4 Å². The van der Waals surface area contributed by atoms with Crippen LogP contribution >= 0.6 is 11.8 Å². The Labute approximate surface area is 186 Å². The number of nitrogens with zero attached hydrogens (tertiary/aromatic N) is 1. The molecule has 0 aliphatic carbocycles. The monoisotopic (exact) mass is 463 g/mol. The number of nitrogens with one attached hydrogen (secondary N) is 2. The highest BCUT2D eigenvalue weighted by molar-refractivity contribution is 7.98. The standard InChI is InChI=1S/C22H20F3N3O3S/c1-31-18-4-2-3-15(9-18)12-26-19(29)10-17-11-20(30)28-21(27-17)32-13-14-5-7-16(8-6-14)22(23,24)25/h2-9,11H,10,12-13H2,1H3,(H,26,29)(H,27,28,30). The van der Waals surface area contributed by atoms with E-state index in [-0.39, 0.29) is 17.5 Å². The number of aromatic nitrogens is 2. The van der Waals surface area contributed by atoms with Crippen molar-refractivity contribution in [3.05, 3.63) is 87.3 Å². The van der Waals surface area contributed by atoms with Gasteiger partial charge in [-0.15, -0.1) is 0 Å². The molecular formula is C22H20F3N3O3S. The molecule has 1 heterocycles. The Bertz CT molecular complexity index is 1130. The van der Waals surface area contributed by atoms with Gasteiger partial charge in [0.25, 0.3) is 5.56 Å². The summed E-state index contributed by atoms with van der Waals surface area (Å²) in [7, 11) is 1.56. The van der Waals surface area contributed by atoms with Crippen LogP contribution in [0.5, 0.6) is 5.75 Å². The van der Waals surface area contributed by atoms with E-state index in [2.05, 4.69) is 15.3 Å². The van der Waals surface area contributed by atoms with E-state index in [9.17, 15) is 22.8 Å². The van der Waals surface area contributed by atoms with Crippen molar-refractivity contribution < 1.29 is 22.7 Å². The molecule has 0 radical (unpaired) electrons. The highest BCUT2D eigenvalue weighted by Gasteiger charge is 2.29. The van der Waals surface area contributed by atoms with Gasteiger partial charge in [-0.25, -0.2) is 4.98 Å². The molecule has 0 saturated carbocycles. The number of alkyl halides is 3. The first-order valence-electron chi connectivity index (χ1n) is 9.52. The highest BCUT2D eigenvalue weighted by Crippen LogP contribution is 2.30. The minimum absolute atomic E-state index is 0.0816. The molecule has 10 heteroatoms. The van der Waals surface area contributed by atoms with Crippen LogP contribution in [0.3, 0.4) is 0 Å². The molecule has 0 unspecified atom stereocenters. The molecule has 32 heavy (non-hydrogen) atoms. The maximum absolute atomic E-state index is 12.7. The average molecular weight is 463 g/mol. The van der Waals surface area contributed by atoms with Crippen molar-refractivity contribution in [1.29, 1.82) is 0 Å². The summed E-state index contributed by atoms with van der Waals surface area (Å²) >= 11 is 1.16. The molecule has 0 bridgehead atoms. The third-order valence-electron chi connectivity index (χ3n) is 4.40. The molecule has 168 valence electrons. The Hall–Kier alpha value is -3.27. The summed E-state index contributed by atoms with van der Waals surface area (Å²) < 4.78 is 43.1. The number of hydrogen-bond donors (Lipinski definition) is 2. The quantitative estimate of drug-likeness (QED) is 0.391. The van der Waals surface area contributed by atoms with Crippen LogP contribution in [0.1, 0.15) is 22.4 Å². The molecule has 1 amide bonds. The van der Waals surface area contributed by atoms with Crippen molar-refractivity contribution >= 4 is 17.7 Å². The summed E-state index contributed by atoms with van der Waals surface area (Å²) in [5.74, 6) is 0.694.